The summed E-state index contributed by atoms with van der Waals surface area (Å²) in [6, 6.07) is 5.90. The Bertz CT molecular complexity index is 818. The van der Waals surface area contributed by atoms with E-state index in [0.717, 1.165) is 53.2 Å². The SMILES string of the molecule is Cc1c(Cl)cccc1CN1C2=NC(N3CCOCC3)SC2=CN=C1[C@H](C)O. The number of aliphatic hydroxyl groups excluding tert-OH is 1. The van der Waals surface area contributed by atoms with E-state index in [1.807, 2.05) is 30.2 Å². The van der Waals surface area contributed by atoms with Crippen LogP contribution in [0.2, 0.25) is 5.02 Å². The lowest BCUT2D eigenvalue weighted by Gasteiger charge is -2.30. The molecule has 0 spiro atoms. The van der Waals surface area contributed by atoms with Gasteiger partial charge in [0.1, 0.15) is 17.8 Å². The minimum Gasteiger partial charge on any atom is -0.385 e. The molecule has 2 atom stereocenters. The zero-order chi connectivity index (χ0) is 19.0. The van der Waals surface area contributed by atoms with Gasteiger partial charge >= 0.3 is 0 Å². The van der Waals surface area contributed by atoms with E-state index < -0.39 is 6.10 Å². The summed E-state index contributed by atoms with van der Waals surface area (Å²) < 4.78 is 5.46. The second-order valence-corrected chi connectivity index (χ2v) is 8.32. The van der Waals surface area contributed by atoms with Gasteiger partial charge in [0.25, 0.3) is 0 Å². The number of amidine groups is 2. The first-order chi connectivity index (χ1) is 13.0. The fourth-order valence-corrected chi connectivity index (χ4v) is 4.71. The molecular formula is C19H23ClN4O2S. The van der Waals surface area contributed by atoms with Crippen molar-refractivity contribution in [3.8, 4) is 0 Å². The van der Waals surface area contributed by atoms with E-state index in [0.29, 0.717) is 12.4 Å². The number of hydrogen-bond acceptors (Lipinski definition) is 7. The fourth-order valence-electron chi connectivity index (χ4n) is 3.39. The highest BCUT2D eigenvalue weighted by Crippen LogP contribution is 2.38. The number of ether oxygens (including phenoxy) is 1. The molecule has 3 aliphatic rings. The van der Waals surface area contributed by atoms with Crippen LogP contribution in [0.25, 0.3) is 0 Å². The van der Waals surface area contributed by atoms with Crippen molar-refractivity contribution >= 4 is 35.0 Å². The fraction of sp³-hybridized carbons (Fsp3) is 0.474. The number of rotatable bonds is 4. The Labute approximate surface area is 168 Å². The van der Waals surface area contributed by atoms with Crippen LogP contribution in [0, 0.1) is 6.92 Å². The molecule has 1 N–H and O–H groups in total. The number of thioether (sulfide) groups is 1. The van der Waals surface area contributed by atoms with E-state index >= 15 is 0 Å². The van der Waals surface area contributed by atoms with Crippen LogP contribution in [0.5, 0.6) is 0 Å². The van der Waals surface area contributed by atoms with Crippen molar-refractivity contribution in [3.05, 3.63) is 45.5 Å². The molecule has 0 amide bonds. The van der Waals surface area contributed by atoms with Crippen molar-refractivity contribution in [1.82, 2.24) is 9.80 Å². The molecule has 0 bridgehead atoms. The van der Waals surface area contributed by atoms with E-state index in [-0.39, 0.29) is 5.50 Å². The molecule has 6 nitrogen and oxygen atoms in total. The summed E-state index contributed by atoms with van der Waals surface area (Å²) in [7, 11) is 0. The normalized spacial score (nSPS) is 24.2. The van der Waals surface area contributed by atoms with Crippen molar-refractivity contribution in [2.24, 2.45) is 9.98 Å². The van der Waals surface area contributed by atoms with Crippen LogP contribution >= 0.6 is 23.4 Å². The standard InChI is InChI=1S/C19H23ClN4O2S/c1-12-14(4-3-5-15(12)20)11-24-17(13(2)25)21-10-16-18(24)22-19(27-16)23-6-8-26-9-7-23/h3-5,10,13,19,25H,6-9,11H2,1-2H3/t13-,19?/m0/s1. The summed E-state index contributed by atoms with van der Waals surface area (Å²) in [5.41, 5.74) is 2.16. The Morgan fingerprint density at radius 1 is 1.37 bits per heavy atom. The van der Waals surface area contributed by atoms with E-state index in [4.69, 9.17) is 21.3 Å². The number of fused-ring (bicyclic) bond motifs is 1. The highest BCUT2D eigenvalue weighted by Gasteiger charge is 2.36. The highest BCUT2D eigenvalue weighted by molar-refractivity contribution is 8.04. The average molecular weight is 407 g/mol. The van der Waals surface area contributed by atoms with Gasteiger partial charge in [-0.15, -0.1) is 0 Å². The van der Waals surface area contributed by atoms with Crippen molar-refractivity contribution in [2.75, 3.05) is 26.3 Å². The zero-order valence-corrected chi connectivity index (χ0v) is 17.0. The lowest BCUT2D eigenvalue weighted by molar-refractivity contribution is 0.0341. The van der Waals surface area contributed by atoms with Gasteiger partial charge in [0, 0.05) is 24.3 Å². The Kier molecular flexibility index (Phi) is 5.57. The maximum Gasteiger partial charge on any atom is 0.156 e. The number of morpholine rings is 1. The van der Waals surface area contributed by atoms with Crippen LogP contribution in [-0.4, -0.2) is 64.5 Å². The first kappa shape index (κ1) is 19.0. The van der Waals surface area contributed by atoms with Gasteiger partial charge in [-0.25, -0.2) is 9.98 Å². The summed E-state index contributed by atoms with van der Waals surface area (Å²) in [6.07, 6.45) is 1.14. The lowest BCUT2D eigenvalue weighted by atomic mass is 10.1. The van der Waals surface area contributed by atoms with E-state index in [1.54, 1.807) is 18.7 Å². The molecule has 1 fully saturated rings. The molecule has 1 unspecified atom stereocenters. The third kappa shape index (κ3) is 3.79. The van der Waals surface area contributed by atoms with Gasteiger partial charge < -0.3 is 14.7 Å². The first-order valence-electron chi connectivity index (χ1n) is 9.08. The molecule has 8 heteroatoms. The smallest absolute Gasteiger partial charge is 0.156 e. The van der Waals surface area contributed by atoms with Crippen molar-refractivity contribution < 1.29 is 9.84 Å². The second kappa shape index (κ2) is 7.93. The molecule has 1 aromatic carbocycles. The average Bonchev–Trinajstić information content (AvgIpc) is 3.11. The summed E-state index contributed by atoms with van der Waals surface area (Å²) in [5, 5.41) is 11.0. The summed E-state index contributed by atoms with van der Waals surface area (Å²) in [6.45, 7) is 7.54. The summed E-state index contributed by atoms with van der Waals surface area (Å²) in [4.78, 5) is 14.9. The lowest BCUT2D eigenvalue weighted by Crippen LogP contribution is -2.43. The third-order valence-corrected chi connectivity index (χ3v) is 6.54. The summed E-state index contributed by atoms with van der Waals surface area (Å²) >= 11 is 8.01. The van der Waals surface area contributed by atoms with Gasteiger partial charge in [-0.3, -0.25) is 4.90 Å². The topological polar surface area (TPSA) is 60.7 Å². The Hall–Kier alpha value is -1.38. The molecule has 0 aliphatic carbocycles. The minimum absolute atomic E-state index is 0.0293. The van der Waals surface area contributed by atoms with Crippen LogP contribution in [-0.2, 0) is 11.3 Å². The van der Waals surface area contributed by atoms with Gasteiger partial charge in [-0.1, -0.05) is 35.5 Å². The number of aliphatic imine (C=N–C) groups is 2. The maximum absolute atomic E-state index is 10.3. The molecule has 0 radical (unpaired) electrons. The van der Waals surface area contributed by atoms with Crippen molar-refractivity contribution in [2.45, 2.75) is 32.0 Å². The van der Waals surface area contributed by atoms with E-state index in [9.17, 15) is 5.11 Å². The monoisotopic (exact) mass is 406 g/mol. The predicted molar refractivity (Wildman–Crippen MR) is 110 cm³/mol. The molecular weight excluding hydrogens is 384 g/mol. The molecule has 27 heavy (non-hydrogen) atoms. The van der Waals surface area contributed by atoms with Crippen LogP contribution in [0.15, 0.2) is 39.3 Å². The van der Waals surface area contributed by atoms with Crippen LogP contribution in [0.4, 0.5) is 0 Å². The molecule has 144 valence electrons. The van der Waals surface area contributed by atoms with E-state index in [1.165, 1.54) is 0 Å². The largest absolute Gasteiger partial charge is 0.385 e. The number of aliphatic hydroxyl groups is 1. The Balaban J connectivity index is 1.65. The van der Waals surface area contributed by atoms with Crippen LogP contribution in [0.3, 0.4) is 0 Å². The minimum atomic E-state index is -0.683. The molecule has 1 aromatic rings. The molecule has 1 saturated heterocycles. The van der Waals surface area contributed by atoms with Gasteiger partial charge in [0.2, 0.25) is 0 Å². The zero-order valence-electron chi connectivity index (χ0n) is 15.4. The maximum atomic E-state index is 10.3. The molecule has 0 saturated carbocycles. The predicted octanol–water partition coefficient (Wildman–Crippen LogP) is 2.85. The summed E-state index contributed by atoms with van der Waals surface area (Å²) in [5.74, 6) is 1.49. The number of halogens is 1. The van der Waals surface area contributed by atoms with Gasteiger partial charge in [-0.2, -0.15) is 0 Å². The molecule has 3 heterocycles. The Morgan fingerprint density at radius 2 is 2.15 bits per heavy atom. The Morgan fingerprint density at radius 3 is 2.89 bits per heavy atom. The number of hydrogen-bond donors (Lipinski definition) is 1. The number of nitrogens with zero attached hydrogens (tertiary/aromatic N) is 4. The van der Waals surface area contributed by atoms with E-state index in [2.05, 4.69) is 16.0 Å². The quantitative estimate of drug-likeness (QED) is 0.833. The van der Waals surface area contributed by atoms with Crippen molar-refractivity contribution in [1.29, 1.82) is 0 Å². The number of benzene rings is 1. The second-order valence-electron chi connectivity index (χ2n) is 6.81. The van der Waals surface area contributed by atoms with Gasteiger partial charge in [-0.05, 0) is 31.0 Å². The van der Waals surface area contributed by atoms with Gasteiger partial charge in [0.05, 0.1) is 24.7 Å². The van der Waals surface area contributed by atoms with Gasteiger partial charge in [0.15, 0.2) is 5.50 Å². The first-order valence-corrected chi connectivity index (χ1v) is 10.3. The molecule has 4 rings (SSSR count). The van der Waals surface area contributed by atoms with Crippen LogP contribution in [0.1, 0.15) is 18.1 Å². The van der Waals surface area contributed by atoms with Crippen molar-refractivity contribution in [3.63, 3.8) is 0 Å². The molecule has 3 aliphatic heterocycles. The molecule has 0 aromatic heterocycles. The van der Waals surface area contributed by atoms with Crippen LogP contribution < -0.4 is 0 Å². The third-order valence-electron chi connectivity index (χ3n) is 4.97. The highest BCUT2D eigenvalue weighted by atomic mass is 35.5.